The zero-order chi connectivity index (χ0) is 7.14. The Balaban J connectivity index is 2.09. The summed E-state index contributed by atoms with van der Waals surface area (Å²) >= 11 is 0. The molecule has 2 rings (SSSR count). The minimum Gasteiger partial charge on any atom is -0.315 e. The van der Waals surface area contributed by atoms with Crippen LogP contribution in [0.25, 0.3) is 0 Å². The van der Waals surface area contributed by atoms with Crippen molar-refractivity contribution in [3.63, 3.8) is 0 Å². The van der Waals surface area contributed by atoms with Crippen LogP contribution in [0.15, 0.2) is 0 Å². The fourth-order valence-corrected chi connectivity index (χ4v) is 2.37. The van der Waals surface area contributed by atoms with E-state index in [9.17, 15) is 0 Å². The number of nitrogens with zero attached hydrogens (tertiary/aromatic N) is 1. The highest BCUT2D eigenvalue weighted by Gasteiger charge is 2.39. The molecule has 2 aliphatic heterocycles. The minimum absolute atomic E-state index is 0.817. The van der Waals surface area contributed by atoms with Gasteiger partial charge in [0.1, 0.15) is 0 Å². The third-order valence-electron chi connectivity index (χ3n) is 3.17. The molecule has 0 aromatic heterocycles. The van der Waals surface area contributed by atoms with Gasteiger partial charge in [-0.25, -0.2) is 0 Å². The number of fused-ring (bicyclic) bond motifs is 1. The largest absolute Gasteiger partial charge is 0.315 e. The zero-order valence-electron chi connectivity index (χ0n) is 6.80. The van der Waals surface area contributed by atoms with Crippen LogP contribution in [-0.2, 0) is 0 Å². The Hall–Kier alpha value is -0.0800. The summed E-state index contributed by atoms with van der Waals surface area (Å²) in [6.07, 6.45) is 1.40. The second-order valence-electron chi connectivity index (χ2n) is 3.74. The van der Waals surface area contributed by atoms with Gasteiger partial charge in [0.2, 0.25) is 0 Å². The SMILES string of the molecule is C[C@@H]1C[C@H]2CNC[C@@H]2N1C. The lowest BCUT2D eigenvalue weighted by molar-refractivity contribution is 0.255. The van der Waals surface area contributed by atoms with Crippen LogP contribution < -0.4 is 5.32 Å². The molecule has 0 bridgehead atoms. The highest BCUT2D eigenvalue weighted by Crippen LogP contribution is 2.30. The summed E-state index contributed by atoms with van der Waals surface area (Å²) in [7, 11) is 2.25. The molecular formula is C8H16N2. The smallest absolute Gasteiger partial charge is 0.0261 e. The van der Waals surface area contributed by atoms with Gasteiger partial charge in [-0.2, -0.15) is 0 Å². The molecule has 0 spiro atoms. The monoisotopic (exact) mass is 140 g/mol. The third kappa shape index (κ3) is 0.789. The van der Waals surface area contributed by atoms with E-state index in [0.29, 0.717) is 0 Å². The van der Waals surface area contributed by atoms with E-state index in [1.807, 2.05) is 0 Å². The Bertz CT molecular complexity index is 133. The molecule has 10 heavy (non-hydrogen) atoms. The van der Waals surface area contributed by atoms with Crippen molar-refractivity contribution in [1.82, 2.24) is 10.2 Å². The van der Waals surface area contributed by atoms with E-state index in [1.165, 1.54) is 19.5 Å². The summed E-state index contributed by atoms with van der Waals surface area (Å²) in [6.45, 7) is 4.79. The van der Waals surface area contributed by atoms with Crippen molar-refractivity contribution >= 4 is 0 Å². The number of likely N-dealkylation sites (tertiary alicyclic amines) is 1. The van der Waals surface area contributed by atoms with Gasteiger partial charge >= 0.3 is 0 Å². The van der Waals surface area contributed by atoms with Gasteiger partial charge in [0.25, 0.3) is 0 Å². The van der Waals surface area contributed by atoms with Gasteiger partial charge in [-0.1, -0.05) is 0 Å². The van der Waals surface area contributed by atoms with Gasteiger partial charge in [0, 0.05) is 18.6 Å². The van der Waals surface area contributed by atoms with Gasteiger partial charge in [0.05, 0.1) is 0 Å². The normalized spacial score (nSPS) is 48.0. The first-order chi connectivity index (χ1) is 4.79. The highest BCUT2D eigenvalue weighted by molar-refractivity contribution is 4.96. The molecular weight excluding hydrogens is 124 g/mol. The van der Waals surface area contributed by atoms with Crippen molar-refractivity contribution in [2.75, 3.05) is 20.1 Å². The van der Waals surface area contributed by atoms with Crippen LogP contribution in [0.1, 0.15) is 13.3 Å². The van der Waals surface area contributed by atoms with Gasteiger partial charge in [-0.15, -0.1) is 0 Å². The first kappa shape index (κ1) is 6.62. The van der Waals surface area contributed by atoms with Crippen LogP contribution in [0.5, 0.6) is 0 Å². The molecule has 0 amide bonds. The Morgan fingerprint density at radius 1 is 1.40 bits per heavy atom. The summed E-state index contributed by atoms with van der Waals surface area (Å²) in [6, 6.07) is 1.66. The highest BCUT2D eigenvalue weighted by atomic mass is 15.2. The van der Waals surface area contributed by atoms with Crippen LogP contribution in [0, 0.1) is 5.92 Å². The lowest BCUT2D eigenvalue weighted by Crippen LogP contribution is -2.34. The summed E-state index contributed by atoms with van der Waals surface area (Å²) < 4.78 is 0. The second kappa shape index (κ2) is 2.21. The van der Waals surface area contributed by atoms with Crippen LogP contribution >= 0.6 is 0 Å². The van der Waals surface area contributed by atoms with Gasteiger partial charge in [-0.05, 0) is 32.9 Å². The number of likely N-dealkylation sites (N-methyl/N-ethyl adjacent to an activating group) is 1. The van der Waals surface area contributed by atoms with Crippen molar-refractivity contribution < 1.29 is 0 Å². The standard InChI is InChI=1S/C8H16N2/c1-6-3-7-4-9-5-8(7)10(6)2/h6-9H,3-5H2,1-2H3/t6-,7+,8+/m1/s1. The molecule has 0 aromatic carbocycles. The number of hydrogen-bond acceptors (Lipinski definition) is 2. The molecule has 2 heterocycles. The predicted molar refractivity (Wildman–Crippen MR) is 42.0 cm³/mol. The fourth-order valence-electron chi connectivity index (χ4n) is 2.37. The number of nitrogens with one attached hydrogen (secondary N) is 1. The second-order valence-corrected chi connectivity index (χ2v) is 3.74. The molecule has 2 heteroatoms. The maximum atomic E-state index is 3.43. The van der Waals surface area contributed by atoms with Crippen molar-refractivity contribution in [3.8, 4) is 0 Å². The Labute approximate surface area is 62.6 Å². The third-order valence-corrected chi connectivity index (χ3v) is 3.17. The molecule has 2 nitrogen and oxygen atoms in total. The van der Waals surface area contributed by atoms with Gasteiger partial charge in [-0.3, -0.25) is 4.90 Å². The maximum absolute atomic E-state index is 3.43. The molecule has 0 aliphatic carbocycles. The zero-order valence-corrected chi connectivity index (χ0v) is 6.80. The summed E-state index contributed by atoms with van der Waals surface area (Å²) in [5.41, 5.74) is 0. The lowest BCUT2D eigenvalue weighted by Gasteiger charge is -2.21. The molecule has 0 unspecified atom stereocenters. The number of hydrogen-bond donors (Lipinski definition) is 1. The molecule has 0 radical (unpaired) electrons. The van der Waals surface area contributed by atoms with Crippen LogP contribution in [-0.4, -0.2) is 37.1 Å². The predicted octanol–water partition coefficient (Wildman–Crippen LogP) is 0.298. The lowest BCUT2D eigenvalue weighted by atomic mass is 10.0. The summed E-state index contributed by atoms with van der Waals surface area (Å²) in [5.74, 6) is 0.944. The fraction of sp³-hybridized carbons (Fsp3) is 1.00. The van der Waals surface area contributed by atoms with E-state index in [1.54, 1.807) is 0 Å². The van der Waals surface area contributed by atoms with Crippen molar-refractivity contribution in [1.29, 1.82) is 0 Å². The van der Waals surface area contributed by atoms with Gasteiger partial charge in [0.15, 0.2) is 0 Å². The molecule has 0 aromatic rings. The van der Waals surface area contributed by atoms with E-state index < -0.39 is 0 Å². The number of rotatable bonds is 0. The Morgan fingerprint density at radius 3 is 2.90 bits per heavy atom. The molecule has 0 saturated carbocycles. The minimum atomic E-state index is 0.817. The summed E-state index contributed by atoms with van der Waals surface area (Å²) in [5, 5.41) is 3.43. The van der Waals surface area contributed by atoms with E-state index >= 15 is 0 Å². The first-order valence-electron chi connectivity index (χ1n) is 4.21. The van der Waals surface area contributed by atoms with Crippen molar-refractivity contribution in [2.45, 2.75) is 25.4 Å². The van der Waals surface area contributed by atoms with E-state index in [2.05, 4.69) is 24.2 Å². The molecule has 1 N–H and O–H groups in total. The molecule has 3 atom stereocenters. The first-order valence-corrected chi connectivity index (χ1v) is 4.21. The van der Waals surface area contributed by atoms with Crippen LogP contribution in [0.2, 0.25) is 0 Å². The van der Waals surface area contributed by atoms with E-state index in [-0.39, 0.29) is 0 Å². The molecule has 58 valence electrons. The average Bonchev–Trinajstić information content (AvgIpc) is 2.41. The Morgan fingerprint density at radius 2 is 2.20 bits per heavy atom. The molecule has 2 fully saturated rings. The van der Waals surface area contributed by atoms with E-state index in [4.69, 9.17) is 0 Å². The van der Waals surface area contributed by atoms with Crippen LogP contribution in [0.3, 0.4) is 0 Å². The average molecular weight is 140 g/mol. The van der Waals surface area contributed by atoms with E-state index in [0.717, 1.165) is 18.0 Å². The van der Waals surface area contributed by atoms with Crippen molar-refractivity contribution in [2.24, 2.45) is 5.92 Å². The quantitative estimate of drug-likeness (QED) is 0.520. The van der Waals surface area contributed by atoms with Crippen LogP contribution in [0.4, 0.5) is 0 Å². The van der Waals surface area contributed by atoms with Crippen molar-refractivity contribution in [3.05, 3.63) is 0 Å². The Kier molecular flexibility index (Phi) is 1.46. The molecule has 2 saturated heterocycles. The topological polar surface area (TPSA) is 15.3 Å². The summed E-state index contributed by atoms with van der Waals surface area (Å²) in [4.78, 5) is 2.52. The maximum Gasteiger partial charge on any atom is 0.0261 e. The van der Waals surface area contributed by atoms with Gasteiger partial charge < -0.3 is 5.32 Å². The molecule has 2 aliphatic rings.